The van der Waals surface area contributed by atoms with Crippen LogP contribution in [0.4, 0.5) is 0 Å². The van der Waals surface area contributed by atoms with E-state index in [0.29, 0.717) is 24.2 Å². The summed E-state index contributed by atoms with van der Waals surface area (Å²) in [5.74, 6) is -1.62. The molecule has 0 N–H and O–H groups in total. The number of fused-ring (bicyclic) bond motifs is 1. The lowest BCUT2D eigenvalue weighted by molar-refractivity contribution is -0.143. The molecule has 2 aliphatic rings. The van der Waals surface area contributed by atoms with Gasteiger partial charge >= 0.3 is 0 Å². The number of likely N-dealkylation sites (tertiary alicyclic amines) is 1. The lowest BCUT2D eigenvalue weighted by Gasteiger charge is -2.14. The number of rotatable bonds is 4. The Balaban J connectivity index is 1.49. The summed E-state index contributed by atoms with van der Waals surface area (Å²) in [6.45, 7) is 2.36. The van der Waals surface area contributed by atoms with Gasteiger partial charge in [-0.15, -0.1) is 11.3 Å². The van der Waals surface area contributed by atoms with E-state index in [0.717, 1.165) is 10.5 Å². The number of carbonyl (C=O) groups excluding carboxylic acids is 3. The smallest absolute Gasteiger partial charge is 0.268 e. The fraction of sp³-hybridized carbons (Fsp3) is 0.333. The van der Waals surface area contributed by atoms with Gasteiger partial charge in [-0.05, 0) is 25.3 Å². The van der Waals surface area contributed by atoms with Crippen molar-refractivity contribution in [2.24, 2.45) is 16.8 Å². The first-order valence-corrected chi connectivity index (χ1v) is 10.2. The number of thiazole rings is 1. The van der Waals surface area contributed by atoms with E-state index in [1.165, 1.54) is 16.9 Å². The van der Waals surface area contributed by atoms with Gasteiger partial charge in [-0.1, -0.05) is 42.0 Å². The minimum atomic E-state index is -0.478. The molecule has 2 heterocycles. The predicted molar refractivity (Wildman–Crippen MR) is 105 cm³/mol. The van der Waals surface area contributed by atoms with Gasteiger partial charge in [0.1, 0.15) is 6.54 Å². The van der Waals surface area contributed by atoms with Gasteiger partial charge in [0.15, 0.2) is 4.80 Å². The number of nitrogens with zero attached hydrogens (tertiary/aromatic N) is 3. The third kappa shape index (κ3) is 3.62. The van der Waals surface area contributed by atoms with Gasteiger partial charge in [0.05, 0.1) is 11.8 Å². The number of amides is 3. The SMILES string of the molecule is Cc1ccc(Cn2ccsc2=NC(=O)CN2C(=O)C3CC=CCC3C2=O)cc1. The molecular formula is C21H21N3O3S. The molecule has 1 aliphatic carbocycles. The Morgan fingerprint density at radius 1 is 1.11 bits per heavy atom. The van der Waals surface area contributed by atoms with Crippen molar-refractivity contribution in [2.75, 3.05) is 6.54 Å². The Hall–Kier alpha value is -2.80. The van der Waals surface area contributed by atoms with E-state index in [1.54, 1.807) is 0 Å². The van der Waals surface area contributed by atoms with Crippen LogP contribution in [0.2, 0.25) is 0 Å². The number of aryl methyl sites for hydroxylation is 1. The van der Waals surface area contributed by atoms with Crippen LogP contribution in [-0.2, 0) is 20.9 Å². The van der Waals surface area contributed by atoms with Gasteiger partial charge in [-0.25, -0.2) is 0 Å². The highest BCUT2D eigenvalue weighted by atomic mass is 32.1. The van der Waals surface area contributed by atoms with Crippen LogP contribution in [0.5, 0.6) is 0 Å². The van der Waals surface area contributed by atoms with Gasteiger partial charge in [0.25, 0.3) is 5.91 Å². The highest BCUT2D eigenvalue weighted by molar-refractivity contribution is 7.07. The normalized spacial score (nSPS) is 22.0. The van der Waals surface area contributed by atoms with Crippen molar-refractivity contribution in [3.63, 3.8) is 0 Å². The second-order valence-electron chi connectivity index (χ2n) is 7.22. The van der Waals surface area contributed by atoms with Gasteiger partial charge < -0.3 is 4.57 Å². The molecule has 2 atom stereocenters. The molecule has 1 aromatic carbocycles. The lowest BCUT2D eigenvalue weighted by Crippen LogP contribution is -2.36. The fourth-order valence-electron chi connectivity index (χ4n) is 3.70. The maximum absolute atomic E-state index is 12.5. The van der Waals surface area contributed by atoms with Gasteiger partial charge in [0, 0.05) is 18.1 Å². The number of imide groups is 1. The van der Waals surface area contributed by atoms with Crippen LogP contribution in [0.1, 0.15) is 24.0 Å². The Morgan fingerprint density at radius 3 is 2.39 bits per heavy atom. The number of aromatic nitrogens is 1. The molecule has 0 bridgehead atoms. The van der Waals surface area contributed by atoms with Crippen LogP contribution < -0.4 is 4.80 Å². The van der Waals surface area contributed by atoms with E-state index in [2.05, 4.69) is 4.99 Å². The Morgan fingerprint density at radius 2 is 1.75 bits per heavy atom. The zero-order chi connectivity index (χ0) is 19.7. The molecule has 0 spiro atoms. The predicted octanol–water partition coefficient (Wildman–Crippen LogP) is 2.28. The summed E-state index contributed by atoms with van der Waals surface area (Å²) < 4.78 is 1.89. The van der Waals surface area contributed by atoms with Crippen molar-refractivity contribution in [1.82, 2.24) is 9.47 Å². The minimum absolute atomic E-state index is 0.249. The topological polar surface area (TPSA) is 71.7 Å². The molecule has 6 nitrogen and oxygen atoms in total. The molecule has 4 rings (SSSR count). The number of carbonyl (C=O) groups is 3. The summed E-state index contributed by atoms with van der Waals surface area (Å²) in [5, 5.41) is 1.87. The first-order chi connectivity index (χ1) is 13.5. The molecule has 1 saturated heterocycles. The number of hydrogen-bond acceptors (Lipinski definition) is 4. The molecule has 2 unspecified atom stereocenters. The van der Waals surface area contributed by atoms with E-state index < -0.39 is 5.91 Å². The highest BCUT2D eigenvalue weighted by Crippen LogP contribution is 2.34. The van der Waals surface area contributed by atoms with Gasteiger partial charge in [0.2, 0.25) is 11.8 Å². The molecule has 7 heteroatoms. The summed E-state index contributed by atoms with van der Waals surface area (Å²) >= 11 is 1.36. The van der Waals surface area contributed by atoms with Gasteiger partial charge in [-0.2, -0.15) is 4.99 Å². The summed E-state index contributed by atoms with van der Waals surface area (Å²) in [6, 6.07) is 8.18. The third-order valence-corrected chi connectivity index (χ3v) is 6.04. The second kappa shape index (κ2) is 7.67. The number of hydrogen-bond donors (Lipinski definition) is 0. The molecule has 1 fully saturated rings. The molecule has 3 amide bonds. The lowest BCUT2D eigenvalue weighted by atomic mass is 9.85. The van der Waals surface area contributed by atoms with Crippen LogP contribution in [0, 0.1) is 18.8 Å². The largest absolute Gasteiger partial charge is 0.319 e. The summed E-state index contributed by atoms with van der Waals surface area (Å²) in [6.07, 6.45) is 6.88. The van der Waals surface area contributed by atoms with Crippen LogP contribution in [0.25, 0.3) is 0 Å². The fourth-order valence-corrected chi connectivity index (χ4v) is 4.44. The Labute approximate surface area is 166 Å². The van der Waals surface area contributed by atoms with Crippen molar-refractivity contribution >= 4 is 29.1 Å². The first-order valence-electron chi connectivity index (χ1n) is 9.30. The van der Waals surface area contributed by atoms with Crippen LogP contribution >= 0.6 is 11.3 Å². The molecule has 1 aliphatic heterocycles. The molecule has 144 valence electrons. The van der Waals surface area contributed by atoms with Crippen LogP contribution in [0.3, 0.4) is 0 Å². The van der Waals surface area contributed by atoms with E-state index in [4.69, 9.17) is 0 Å². The van der Waals surface area contributed by atoms with Crippen molar-refractivity contribution in [1.29, 1.82) is 0 Å². The standard InChI is InChI=1S/C21H21N3O3S/c1-14-6-8-15(9-7-14)12-23-10-11-28-21(23)22-18(25)13-24-19(26)16-4-2-3-5-17(16)20(24)27/h2-3,6-11,16-17H,4-5,12-13H2,1H3. The number of benzene rings is 1. The third-order valence-electron chi connectivity index (χ3n) is 5.25. The van der Waals surface area contributed by atoms with Crippen LogP contribution in [0.15, 0.2) is 53.0 Å². The van der Waals surface area contributed by atoms with Crippen molar-refractivity contribution in [3.05, 3.63) is 63.9 Å². The molecule has 0 saturated carbocycles. The van der Waals surface area contributed by atoms with Crippen molar-refractivity contribution < 1.29 is 14.4 Å². The van der Waals surface area contributed by atoms with E-state index in [-0.39, 0.29) is 30.2 Å². The van der Waals surface area contributed by atoms with E-state index in [9.17, 15) is 14.4 Å². The quantitative estimate of drug-likeness (QED) is 0.589. The van der Waals surface area contributed by atoms with Crippen molar-refractivity contribution in [3.8, 4) is 0 Å². The number of allylic oxidation sites excluding steroid dienone is 2. The summed E-state index contributed by atoms with van der Waals surface area (Å²) in [5.41, 5.74) is 2.30. The average molecular weight is 395 g/mol. The Bertz CT molecular complexity index is 990. The summed E-state index contributed by atoms with van der Waals surface area (Å²) in [4.78, 5) is 43.3. The maximum atomic E-state index is 12.5. The average Bonchev–Trinajstić information content (AvgIpc) is 3.22. The van der Waals surface area contributed by atoms with Crippen LogP contribution in [-0.4, -0.2) is 33.7 Å². The zero-order valence-electron chi connectivity index (χ0n) is 15.6. The first kappa shape index (κ1) is 18.6. The van der Waals surface area contributed by atoms with E-state index >= 15 is 0 Å². The Kier molecular flexibility index (Phi) is 5.09. The maximum Gasteiger partial charge on any atom is 0.268 e. The molecular weight excluding hydrogens is 374 g/mol. The van der Waals surface area contributed by atoms with E-state index in [1.807, 2.05) is 59.5 Å². The van der Waals surface area contributed by atoms with Crippen molar-refractivity contribution in [2.45, 2.75) is 26.3 Å². The second-order valence-corrected chi connectivity index (χ2v) is 8.10. The van der Waals surface area contributed by atoms with Gasteiger partial charge in [-0.3, -0.25) is 19.3 Å². The monoisotopic (exact) mass is 395 g/mol. The zero-order valence-corrected chi connectivity index (χ0v) is 16.4. The highest BCUT2D eigenvalue weighted by Gasteiger charge is 2.47. The molecule has 28 heavy (non-hydrogen) atoms. The minimum Gasteiger partial charge on any atom is -0.319 e. The molecule has 1 aromatic heterocycles. The molecule has 2 aromatic rings. The summed E-state index contributed by atoms with van der Waals surface area (Å²) in [7, 11) is 0. The molecule has 0 radical (unpaired) electrons.